The maximum Gasteiger partial charge on any atom is 0.00475 e. The molecular weight excluding hydrogens is 102 g/mol. The minimum atomic E-state index is 0.943. The summed E-state index contributed by atoms with van der Waals surface area (Å²) < 4.78 is 0. The minimum Gasteiger partial charge on any atom is -0.0713 e. The van der Waals surface area contributed by atoms with E-state index in [-0.39, 0.29) is 0 Å². The first-order valence-electron chi connectivity index (χ1n) is 2.51. The molecule has 0 aromatic rings. The summed E-state index contributed by atoms with van der Waals surface area (Å²) in [6.07, 6.45) is 2.47. The van der Waals surface area contributed by atoms with Crippen LogP contribution in [0.1, 0.15) is 20.3 Å². The van der Waals surface area contributed by atoms with Gasteiger partial charge in [0.2, 0.25) is 0 Å². The highest BCUT2D eigenvalue weighted by Gasteiger charge is 1.76. The second kappa shape index (κ2) is 4.22. The highest BCUT2D eigenvalue weighted by molar-refractivity contribution is 4.94. The Balaban J connectivity index is 3.74. The van der Waals surface area contributed by atoms with Crippen LogP contribution in [0.2, 0.25) is 0 Å². The van der Waals surface area contributed by atoms with E-state index >= 15 is 0 Å². The Hall–Kier alpha value is -0.950. The highest BCUT2D eigenvalue weighted by Crippen LogP contribution is 1.96. The average Bonchev–Trinajstić information content (AvgIpc) is 1.83. The zero-order valence-electron chi connectivity index (χ0n) is 5.13. The van der Waals surface area contributed by atoms with Crippen LogP contribution in [0.25, 0.3) is 10.4 Å². The van der Waals surface area contributed by atoms with Gasteiger partial charge in [0.25, 0.3) is 0 Å². The minimum absolute atomic E-state index is 0.943. The normalized spacial score (nSPS) is 10.5. The standard InChI is InChI=1S/C5H9N3/c1-3-5(2)4-7-8-6/h4H,3H2,1-2H3/b5-4-. The number of hydrogen-bond acceptors (Lipinski definition) is 1. The van der Waals surface area contributed by atoms with Crippen molar-refractivity contribution in [1.82, 2.24) is 0 Å². The van der Waals surface area contributed by atoms with Gasteiger partial charge in [0.15, 0.2) is 0 Å². The number of hydrogen-bond donors (Lipinski definition) is 0. The van der Waals surface area contributed by atoms with Crippen molar-refractivity contribution in [1.29, 1.82) is 0 Å². The van der Waals surface area contributed by atoms with Gasteiger partial charge in [-0.05, 0) is 25.1 Å². The lowest BCUT2D eigenvalue weighted by Crippen LogP contribution is -1.65. The van der Waals surface area contributed by atoms with E-state index in [0.29, 0.717) is 0 Å². The van der Waals surface area contributed by atoms with Crippen LogP contribution >= 0.6 is 0 Å². The van der Waals surface area contributed by atoms with E-state index in [4.69, 9.17) is 5.53 Å². The van der Waals surface area contributed by atoms with Crippen molar-refractivity contribution in [2.75, 3.05) is 0 Å². The van der Waals surface area contributed by atoms with E-state index in [1.165, 1.54) is 6.20 Å². The number of nitrogens with zero attached hydrogens (tertiary/aromatic N) is 3. The molecule has 0 aliphatic rings. The summed E-state index contributed by atoms with van der Waals surface area (Å²) in [5.74, 6) is 0. The summed E-state index contributed by atoms with van der Waals surface area (Å²) >= 11 is 0. The molecule has 44 valence electrons. The predicted molar refractivity (Wildman–Crippen MR) is 33.2 cm³/mol. The van der Waals surface area contributed by atoms with Gasteiger partial charge >= 0.3 is 0 Å². The topological polar surface area (TPSA) is 48.8 Å². The predicted octanol–water partition coefficient (Wildman–Crippen LogP) is 2.61. The van der Waals surface area contributed by atoms with E-state index in [1.807, 2.05) is 13.8 Å². The molecule has 0 aliphatic heterocycles. The number of rotatable bonds is 2. The molecule has 0 rings (SSSR count). The Morgan fingerprint density at radius 2 is 2.50 bits per heavy atom. The summed E-state index contributed by atoms with van der Waals surface area (Å²) in [5.41, 5.74) is 8.92. The fourth-order valence-electron chi connectivity index (χ4n) is 0.216. The van der Waals surface area contributed by atoms with Gasteiger partial charge in [-0.1, -0.05) is 17.6 Å². The number of allylic oxidation sites excluding steroid dienone is 1. The summed E-state index contributed by atoms with van der Waals surface area (Å²) in [5, 5.41) is 3.26. The Kier molecular flexibility index (Phi) is 3.71. The number of azide groups is 1. The van der Waals surface area contributed by atoms with Gasteiger partial charge in [0.1, 0.15) is 0 Å². The maximum absolute atomic E-state index is 7.82. The molecule has 0 unspecified atom stereocenters. The van der Waals surface area contributed by atoms with Crippen LogP contribution in [0.15, 0.2) is 16.9 Å². The van der Waals surface area contributed by atoms with Crippen molar-refractivity contribution >= 4 is 0 Å². The molecule has 0 heterocycles. The molecule has 8 heavy (non-hydrogen) atoms. The first kappa shape index (κ1) is 7.05. The average molecular weight is 111 g/mol. The Morgan fingerprint density at radius 1 is 1.88 bits per heavy atom. The van der Waals surface area contributed by atoms with Crippen molar-refractivity contribution in [3.05, 3.63) is 22.2 Å². The van der Waals surface area contributed by atoms with Gasteiger partial charge in [-0.3, -0.25) is 0 Å². The fraction of sp³-hybridized carbons (Fsp3) is 0.600. The molecule has 0 aliphatic carbocycles. The summed E-state index contributed by atoms with van der Waals surface area (Å²) in [7, 11) is 0. The highest BCUT2D eigenvalue weighted by atomic mass is 15.1. The van der Waals surface area contributed by atoms with Crippen LogP contribution in [0.3, 0.4) is 0 Å². The van der Waals surface area contributed by atoms with E-state index < -0.39 is 0 Å². The van der Waals surface area contributed by atoms with Crippen molar-refractivity contribution in [3.63, 3.8) is 0 Å². The lowest BCUT2D eigenvalue weighted by Gasteiger charge is -1.85. The second-order valence-electron chi connectivity index (χ2n) is 1.53. The summed E-state index contributed by atoms with van der Waals surface area (Å²) in [6.45, 7) is 3.94. The summed E-state index contributed by atoms with van der Waals surface area (Å²) in [4.78, 5) is 2.57. The van der Waals surface area contributed by atoms with Gasteiger partial charge in [0, 0.05) is 4.91 Å². The quantitative estimate of drug-likeness (QED) is 0.299. The molecule has 0 aromatic carbocycles. The molecule has 0 N–H and O–H groups in total. The molecule has 3 heteroatoms. The summed E-state index contributed by atoms with van der Waals surface area (Å²) in [6, 6.07) is 0. The zero-order chi connectivity index (χ0) is 6.41. The molecule has 0 atom stereocenters. The second-order valence-corrected chi connectivity index (χ2v) is 1.53. The van der Waals surface area contributed by atoms with Gasteiger partial charge in [-0.15, -0.1) is 0 Å². The third-order valence-electron chi connectivity index (χ3n) is 0.887. The van der Waals surface area contributed by atoms with Crippen LogP contribution in [-0.2, 0) is 0 Å². The Morgan fingerprint density at radius 3 is 2.88 bits per heavy atom. The van der Waals surface area contributed by atoms with Crippen LogP contribution in [0.4, 0.5) is 0 Å². The van der Waals surface area contributed by atoms with Gasteiger partial charge < -0.3 is 0 Å². The third-order valence-corrected chi connectivity index (χ3v) is 0.887. The molecule has 0 amide bonds. The molecule has 3 nitrogen and oxygen atoms in total. The maximum atomic E-state index is 7.82. The Bertz CT molecular complexity index is 131. The lowest BCUT2D eigenvalue weighted by atomic mass is 10.3. The first-order valence-corrected chi connectivity index (χ1v) is 2.51. The monoisotopic (exact) mass is 111 g/mol. The van der Waals surface area contributed by atoms with Crippen molar-refractivity contribution in [2.45, 2.75) is 20.3 Å². The van der Waals surface area contributed by atoms with Crippen LogP contribution in [-0.4, -0.2) is 0 Å². The lowest BCUT2D eigenvalue weighted by molar-refractivity contribution is 1.08. The smallest absolute Gasteiger partial charge is 0.00475 e. The molecular formula is C5H9N3. The molecule has 0 bridgehead atoms. The van der Waals surface area contributed by atoms with E-state index in [1.54, 1.807) is 0 Å². The fourth-order valence-corrected chi connectivity index (χ4v) is 0.216. The third kappa shape index (κ3) is 3.25. The first-order chi connectivity index (χ1) is 3.81. The molecule has 0 fully saturated rings. The van der Waals surface area contributed by atoms with Crippen LogP contribution in [0.5, 0.6) is 0 Å². The van der Waals surface area contributed by atoms with Gasteiger partial charge in [-0.2, -0.15) is 0 Å². The van der Waals surface area contributed by atoms with Crippen molar-refractivity contribution < 1.29 is 0 Å². The van der Waals surface area contributed by atoms with E-state index in [9.17, 15) is 0 Å². The van der Waals surface area contributed by atoms with E-state index in [0.717, 1.165) is 12.0 Å². The van der Waals surface area contributed by atoms with Crippen LogP contribution < -0.4 is 0 Å². The molecule has 0 saturated carbocycles. The molecule has 0 radical (unpaired) electrons. The van der Waals surface area contributed by atoms with E-state index in [2.05, 4.69) is 10.0 Å². The SMILES string of the molecule is CC/C(C)=C\N=[N+]=[N-]. The van der Waals surface area contributed by atoms with Gasteiger partial charge in [0.05, 0.1) is 0 Å². The molecule has 0 spiro atoms. The van der Waals surface area contributed by atoms with Gasteiger partial charge in [-0.25, -0.2) is 0 Å². The largest absolute Gasteiger partial charge is 0.0713 e. The van der Waals surface area contributed by atoms with Crippen molar-refractivity contribution in [3.8, 4) is 0 Å². The molecule has 0 saturated heterocycles. The van der Waals surface area contributed by atoms with Crippen LogP contribution in [0, 0.1) is 0 Å². The zero-order valence-corrected chi connectivity index (χ0v) is 5.13. The Labute approximate surface area is 48.6 Å². The molecule has 0 aromatic heterocycles. The van der Waals surface area contributed by atoms with Crippen molar-refractivity contribution in [2.24, 2.45) is 5.11 Å².